The highest BCUT2D eigenvalue weighted by molar-refractivity contribution is 8.01. The molecule has 178 valence electrons. The summed E-state index contributed by atoms with van der Waals surface area (Å²) in [7, 11) is -4.74. The number of anilines is 1. The molecular formula is C18H28N5O7PS. The lowest BCUT2D eigenvalue weighted by atomic mass is 10.0. The predicted molar refractivity (Wildman–Crippen MR) is 117 cm³/mol. The molecule has 0 aromatic carbocycles. The van der Waals surface area contributed by atoms with Gasteiger partial charge >= 0.3 is 7.82 Å². The molecule has 4 N–H and O–H groups in total. The van der Waals surface area contributed by atoms with Crippen LogP contribution in [0.4, 0.5) is 5.82 Å². The van der Waals surface area contributed by atoms with Crippen molar-refractivity contribution in [2.24, 2.45) is 0 Å². The third-order valence-electron chi connectivity index (χ3n) is 5.71. The van der Waals surface area contributed by atoms with E-state index in [0.29, 0.717) is 22.2 Å². The van der Waals surface area contributed by atoms with E-state index in [4.69, 9.17) is 14.5 Å². The fourth-order valence-corrected chi connectivity index (χ4v) is 5.73. The first-order valence-corrected chi connectivity index (χ1v) is 13.0. The summed E-state index contributed by atoms with van der Waals surface area (Å²) in [6.07, 6.45) is 4.00. The van der Waals surface area contributed by atoms with Crippen molar-refractivity contribution in [3.05, 3.63) is 12.7 Å². The number of ether oxygens (including phenoxy) is 1. The SMILES string of the molecule is CCN(SC1CCCCC1)c1ncnc2c1ncn2[C@@H]1O[C@H](COP(=O)(O)O)[C@@H](O)[C@H]1O. The van der Waals surface area contributed by atoms with Crippen molar-refractivity contribution < 1.29 is 33.8 Å². The number of phosphoric acid groups is 1. The Morgan fingerprint density at radius 2 is 1.97 bits per heavy atom. The fraction of sp³-hybridized carbons (Fsp3) is 0.722. The first-order chi connectivity index (χ1) is 15.3. The van der Waals surface area contributed by atoms with Gasteiger partial charge in [-0.25, -0.2) is 19.5 Å². The summed E-state index contributed by atoms with van der Waals surface area (Å²) >= 11 is 1.77. The molecule has 2 aromatic rings. The van der Waals surface area contributed by atoms with Crippen LogP contribution in [-0.2, 0) is 13.8 Å². The Hall–Kier alpha value is -1.31. The normalized spacial score (nSPS) is 27.3. The standard InChI is InChI=1S/C18H28N5O7PS/c1-2-23(32-11-6-4-3-5-7-11)17-13-16(19-9-20-17)22(10-21-13)18-15(25)14(24)12(30-18)8-29-31(26,27)28/h9-12,14-15,18,24-25H,2-8H2,1H3,(H2,26,27,28)/t12-,14-,15-,18-/m1/s1. The first kappa shape index (κ1) is 23.8. The highest BCUT2D eigenvalue weighted by Gasteiger charge is 2.45. The zero-order valence-corrected chi connectivity index (χ0v) is 19.3. The van der Waals surface area contributed by atoms with Gasteiger partial charge in [0.25, 0.3) is 0 Å². The lowest BCUT2D eigenvalue weighted by Crippen LogP contribution is -2.33. The summed E-state index contributed by atoms with van der Waals surface area (Å²) in [5, 5.41) is 21.3. The van der Waals surface area contributed by atoms with Gasteiger partial charge in [0.05, 0.1) is 12.9 Å². The van der Waals surface area contributed by atoms with Crippen LogP contribution in [-0.4, -0.2) is 76.2 Å². The number of rotatable bonds is 8. The fourth-order valence-electron chi connectivity index (χ4n) is 4.10. The highest BCUT2D eigenvalue weighted by Crippen LogP contribution is 2.39. The monoisotopic (exact) mass is 489 g/mol. The van der Waals surface area contributed by atoms with Gasteiger partial charge in [0.15, 0.2) is 23.2 Å². The Kier molecular flexibility index (Phi) is 7.37. The van der Waals surface area contributed by atoms with Crippen LogP contribution in [0.25, 0.3) is 11.2 Å². The number of aliphatic hydroxyl groups excluding tert-OH is 2. The van der Waals surface area contributed by atoms with E-state index in [-0.39, 0.29) is 0 Å². The molecule has 1 aliphatic heterocycles. The number of nitrogens with zero attached hydrogens (tertiary/aromatic N) is 5. The minimum atomic E-state index is -4.74. The van der Waals surface area contributed by atoms with Crippen LogP contribution in [0, 0.1) is 0 Å². The van der Waals surface area contributed by atoms with Crippen LogP contribution in [0.3, 0.4) is 0 Å². The second-order valence-electron chi connectivity index (χ2n) is 7.91. The van der Waals surface area contributed by atoms with E-state index < -0.39 is 39.0 Å². The van der Waals surface area contributed by atoms with Crippen LogP contribution >= 0.6 is 19.8 Å². The molecule has 0 unspecified atom stereocenters. The van der Waals surface area contributed by atoms with Gasteiger partial charge in [-0.05, 0) is 31.7 Å². The second kappa shape index (κ2) is 9.90. The van der Waals surface area contributed by atoms with E-state index in [1.807, 2.05) is 6.92 Å². The molecule has 0 radical (unpaired) electrons. The Labute approximate surface area is 189 Å². The van der Waals surface area contributed by atoms with Crippen molar-refractivity contribution in [2.45, 2.75) is 68.8 Å². The zero-order chi connectivity index (χ0) is 22.9. The maximum Gasteiger partial charge on any atom is 0.469 e. The molecule has 14 heteroatoms. The number of phosphoric ester groups is 1. The molecule has 0 spiro atoms. The van der Waals surface area contributed by atoms with Crippen LogP contribution in [0.2, 0.25) is 0 Å². The number of aromatic nitrogens is 4. The Morgan fingerprint density at radius 3 is 2.66 bits per heavy atom. The Bertz CT molecular complexity index is 968. The van der Waals surface area contributed by atoms with E-state index in [9.17, 15) is 14.8 Å². The summed E-state index contributed by atoms with van der Waals surface area (Å²) in [5.41, 5.74) is 0.961. The molecule has 2 aliphatic rings. The number of imidazole rings is 1. The van der Waals surface area contributed by atoms with Crippen molar-refractivity contribution in [2.75, 3.05) is 17.5 Å². The Balaban J connectivity index is 1.56. The minimum Gasteiger partial charge on any atom is -0.387 e. The van der Waals surface area contributed by atoms with E-state index in [1.54, 1.807) is 11.9 Å². The third-order valence-corrected chi connectivity index (χ3v) is 7.65. The molecule has 32 heavy (non-hydrogen) atoms. The first-order valence-electron chi connectivity index (χ1n) is 10.6. The summed E-state index contributed by atoms with van der Waals surface area (Å²) in [5.74, 6) is 0.668. The average molecular weight is 489 g/mol. The molecule has 12 nitrogen and oxygen atoms in total. The van der Waals surface area contributed by atoms with Crippen LogP contribution in [0.5, 0.6) is 0 Å². The molecule has 1 saturated heterocycles. The summed E-state index contributed by atoms with van der Waals surface area (Å²) in [4.78, 5) is 31.0. The van der Waals surface area contributed by atoms with Crippen LogP contribution < -0.4 is 4.31 Å². The number of hydrogen-bond donors (Lipinski definition) is 4. The molecule has 2 fully saturated rings. The largest absolute Gasteiger partial charge is 0.469 e. The molecule has 3 heterocycles. The number of aliphatic hydroxyl groups is 2. The van der Waals surface area contributed by atoms with E-state index in [1.165, 1.54) is 49.3 Å². The maximum absolute atomic E-state index is 11.0. The molecular weight excluding hydrogens is 461 g/mol. The second-order valence-corrected chi connectivity index (χ2v) is 10.5. The van der Waals surface area contributed by atoms with Crippen LogP contribution in [0.15, 0.2) is 12.7 Å². The van der Waals surface area contributed by atoms with Crippen molar-refractivity contribution in [3.63, 3.8) is 0 Å². The molecule has 0 amide bonds. The lowest BCUT2D eigenvalue weighted by Gasteiger charge is -2.28. The van der Waals surface area contributed by atoms with Gasteiger partial charge in [-0.3, -0.25) is 13.4 Å². The van der Waals surface area contributed by atoms with E-state index >= 15 is 0 Å². The van der Waals surface area contributed by atoms with Gasteiger partial charge in [-0.2, -0.15) is 0 Å². The van der Waals surface area contributed by atoms with E-state index in [0.717, 1.165) is 6.54 Å². The molecule has 1 aliphatic carbocycles. The van der Waals surface area contributed by atoms with Gasteiger partial charge in [-0.15, -0.1) is 0 Å². The third kappa shape index (κ3) is 5.10. The van der Waals surface area contributed by atoms with Crippen LogP contribution in [0.1, 0.15) is 45.3 Å². The topological polar surface area (TPSA) is 163 Å². The van der Waals surface area contributed by atoms with Crippen molar-refractivity contribution in [3.8, 4) is 0 Å². The van der Waals surface area contributed by atoms with Gasteiger partial charge < -0.3 is 24.7 Å². The van der Waals surface area contributed by atoms with Gasteiger partial charge in [0, 0.05) is 11.8 Å². The smallest absolute Gasteiger partial charge is 0.387 e. The number of fused-ring (bicyclic) bond motifs is 1. The summed E-state index contributed by atoms with van der Waals surface area (Å²) < 4.78 is 24.7. The quantitative estimate of drug-likeness (QED) is 0.311. The molecule has 4 rings (SSSR count). The Morgan fingerprint density at radius 1 is 1.22 bits per heavy atom. The molecule has 1 saturated carbocycles. The van der Waals surface area contributed by atoms with Gasteiger partial charge in [-0.1, -0.05) is 19.3 Å². The van der Waals surface area contributed by atoms with Crippen molar-refractivity contribution in [1.82, 2.24) is 19.5 Å². The van der Waals surface area contributed by atoms with Gasteiger partial charge in [0.1, 0.15) is 24.6 Å². The average Bonchev–Trinajstić information content (AvgIpc) is 3.32. The molecule has 2 aromatic heterocycles. The maximum atomic E-state index is 11.0. The minimum absolute atomic E-state index is 0.422. The zero-order valence-electron chi connectivity index (χ0n) is 17.6. The van der Waals surface area contributed by atoms with Crippen molar-refractivity contribution >= 4 is 36.8 Å². The summed E-state index contributed by atoms with van der Waals surface area (Å²) in [6, 6.07) is 0. The number of hydrogen-bond acceptors (Lipinski definition) is 10. The molecule has 0 bridgehead atoms. The van der Waals surface area contributed by atoms with Gasteiger partial charge in [0.2, 0.25) is 0 Å². The van der Waals surface area contributed by atoms with Crippen molar-refractivity contribution in [1.29, 1.82) is 0 Å². The predicted octanol–water partition coefficient (Wildman–Crippen LogP) is 1.36. The lowest BCUT2D eigenvalue weighted by molar-refractivity contribution is -0.0504. The van der Waals surface area contributed by atoms with E-state index in [2.05, 4.69) is 23.8 Å². The molecule has 4 atom stereocenters. The highest BCUT2D eigenvalue weighted by atomic mass is 32.2. The summed E-state index contributed by atoms with van der Waals surface area (Å²) in [6.45, 7) is 2.20.